The van der Waals surface area contributed by atoms with E-state index in [2.05, 4.69) is 21.9 Å². The lowest BCUT2D eigenvalue weighted by Gasteiger charge is -2.24. The van der Waals surface area contributed by atoms with E-state index < -0.39 is 0 Å². The van der Waals surface area contributed by atoms with Gasteiger partial charge in [-0.15, -0.1) is 0 Å². The molecule has 3 rings (SSSR count). The maximum Gasteiger partial charge on any atom is 0.202 e. The highest BCUT2D eigenvalue weighted by Gasteiger charge is 2.19. The molecule has 0 unspecified atom stereocenters. The third kappa shape index (κ3) is 2.60. The van der Waals surface area contributed by atoms with Crippen LogP contribution in [-0.2, 0) is 6.54 Å². The van der Waals surface area contributed by atoms with Gasteiger partial charge in [-0.2, -0.15) is 0 Å². The van der Waals surface area contributed by atoms with Crippen LogP contribution in [0.2, 0.25) is 5.02 Å². The second-order valence-corrected chi connectivity index (χ2v) is 5.97. The van der Waals surface area contributed by atoms with Gasteiger partial charge in [0, 0.05) is 25.3 Å². The molecule has 2 heterocycles. The first-order valence-electron chi connectivity index (χ1n) is 7.12. The number of hydrogen-bond donors (Lipinski definition) is 1. The zero-order chi connectivity index (χ0) is 14.1. The van der Waals surface area contributed by atoms with Gasteiger partial charge < -0.3 is 10.6 Å². The quantitative estimate of drug-likeness (QED) is 0.941. The Bertz CT molecular complexity index is 603. The Kier molecular flexibility index (Phi) is 3.81. The van der Waals surface area contributed by atoms with Crippen LogP contribution in [0.4, 0.5) is 5.95 Å². The molecule has 2 N–H and O–H groups in total. The molecule has 0 spiro atoms. The molecule has 0 aromatic carbocycles. The van der Waals surface area contributed by atoms with Gasteiger partial charge in [0.05, 0.1) is 5.02 Å². The molecule has 1 fully saturated rings. The summed E-state index contributed by atoms with van der Waals surface area (Å²) in [5.74, 6) is 0.509. The lowest BCUT2D eigenvalue weighted by molar-refractivity contribution is 0.237. The number of likely N-dealkylation sites (N-methyl/N-ethyl adjacent to an activating group) is 1. The van der Waals surface area contributed by atoms with Crippen LogP contribution >= 0.6 is 11.6 Å². The molecule has 6 heteroatoms. The van der Waals surface area contributed by atoms with Crippen molar-refractivity contribution < 1.29 is 0 Å². The van der Waals surface area contributed by atoms with E-state index in [9.17, 15) is 0 Å². The number of fused-ring (bicyclic) bond motifs is 1. The summed E-state index contributed by atoms with van der Waals surface area (Å²) in [4.78, 5) is 11.1. The number of imidazole rings is 1. The summed E-state index contributed by atoms with van der Waals surface area (Å²) < 4.78 is 1.97. The lowest BCUT2D eigenvalue weighted by atomic mass is 10.2. The second-order valence-electron chi connectivity index (χ2n) is 5.54. The van der Waals surface area contributed by atoms with Crippen LogP contribution in [-0.4, -0.2) is 39.1 Å². The molecule has 0 radical (unpaired) electrons. The third-order valence-electron chi connectivity index (χ3n) is 4.21. The van der Waals surface area contributed by atoms with E-state index in [1.807, 2.05) is 4.57 Å². The fourth-order valence-electron chi connectivity index (χ4n) is 3.01. The summed E-state index contributed by atoms with van der Waals surface area (Å²) in [6, 6.07) is 2.52. The Morgan fingerprint density at radius 3 is 2.95 bits per heavy atom. The molecule has 2 aromatic rings. The number of nitrogen functional groups attached to an aromatic ring is 1. The number of nitrogens with two attached hydrogens (primary N) is 1. The topological polar surface area (TPSA) is 60.0 Å². The van der Waals surface area contributed by atoms with E-state index in [1.54, 1.807) is 12.3 Å². The number of hydrogen-bond acceptors (Lipinski definition) is 4. The van der Waals surface area contributed by atoms with Crippen molar-refractivity contribution in [3.8, 4) is 0 Å². The molecule has 0 atom stereocenters. The first-order valence-corrected chi connectivity index (χ1v) is 7.50. The molecular weight excluding hydrogens is 274 g/mol. The minimum Gasteiger partial charge on any atom is -0.369 e. The first-order chi connectivity index (χ1) is 9.65. The van der Waals surface area contributed by atoms with Crippen LogP contribution in [0.25, 0.3) is 11.2 Å². The summed E-state index contributed by atoms with van der Waals surface area (Å²) >= 11 is 5.93. The average molecular weight is 294 g/mol. The van der Waals surface area contributed by atoms with Crippen molar-refractivity contribution in [1.82, 2.24) is 19.4 Å². The normalized spacial score (nSPS) is 16.6. The van der Waals surface area contributed by atoms with Gasteiger partial charge in [-0.3, -0.25) is 4.57 Å². The summed E-state index contributed by atoms with van der Waals surface area (Å²) in [7, 11) is 2.19. The Morgan fingerprint density at radius 2 is 2.20 bits per heavy atom. The van der Waals surface area contributed by atoms with Crippen molar-refractivity contribution in [2.75, 3.05) is 19.3 Å². The molecule has 1 saturated carbocycles. The molecule has 108 valence electrons. The SMILES string of the molecule is CN(CCn1c(N)nc2cc(Cl)cnc21)C1CCCC1. The average Bonchev–Trinajstić information content (AvgIpc) is 3.03. The van der Waals surface area contributed by atoms with Crippen LogP contribution in [0.3, 0.4) is 0 Å². The summed E-state index contributed by atoms with van der Waals surface area (Å²) in [6.45, 7) is 1.77. The van der Waals surface area contributed by atoms with E-state index in [0.717, 1.165) is 24.3 Å². The lowest BCUT2D eigenvalue weighted by Crippen LogP contribution is -2.32. The van der Waals surface area contributed by atoms with Gasteiger partial charge >= 0.3 is 0 Å². The molecule has 0 amide bonds. The largest absolute Gasteiger partial charge is 0.369 e. The van der Waals surface area contributed by atoms with Gasteiger partial charge in [-0.25, -0.2) is 9.97 Å². The van der Waals surface area contributed by atoms with Crippen LogP contribution < -0.4 is 5.73 Å². The smallest absolute Gasteiger partial charge is 0.202 e. The Hall–Kier alpha value is -1.33. The van der Waals surface area contributed by atoms with Crippen molar-refractivity contribution in [1.29, 1.82) is 0 Å². The Morgan fingerprint density at radius 1 is 1.45 bits per heavy atom. The van der Waals surface area contributed by atoms with Crippen LogP contribution in [0.1, 0.15) is 25.7 Å². The zero-order valence-electron chi connectivity index (χ0n) is 11.7. The standard InChI is InChI=1S/C14H20ClN5/c1-19(11-4-2-3-5-11)6-7-20-13-12(18-14(20)16)8-10(15)9-17-13/h8-9,11H,2-7H2,1H3,(H2,16,18). The summed E-state index contributed by atoms with van der Waals surface area (Å²) in [5.41, 5.74) is 7.57. The number of halogens is 1. The van der Waals surface area contributed by atoms with Crippen LogP contribution in [0.15, 0.2) is 12.3 Å². The maximum absolute atomic E-state index is 5.99. The Balaban J connectivity index is 1.75. The van der Waals surface area contributed by atoms with E-state index in [0.29, 0.717) is 17.0 Å². The van der Waals surface area contributed by atoms with Gasteiger partial charge in [-0.1, -0.05) is 24.4 Å². The van der Waals surface area contributed by atoms with Crippen molar-refractivity contribution in [2.24, 2.45) is 0 Å². The van der Waals surface area contributed by atoms with Gasteiger partial charge in [0.1, 0.15) is 5.52 Å². The van der Waals surface area contributed by atoms with E-state index in [-0.39, 0.29) is 0 Å². The number of anilines is 1. The van der Waals surface area contributed by atoms with E-state index >= 15 is 0 Å². The van der Waals surface area contributed by atoms with Gasteiger partial charge in [0.25, 0.3) is 0 Å². The van der Waals surface area contributed by atoms with Crippen molar-refractivity contribution >= 4 is 28.7 Å². The fourth-order valence-corrected chi connectivity index (χ4v) is 3.16. The predicted molar refractivity (Wildman–Crippen MR) is 81.8 cm³/mol. The van der Waals surface area contributed by atoms with E-state index in [4.69, 9.17) is 17.3 Å². The van der Waals surface area contributed by atoms with Crippen LogP contribution in [0, 0.1) is 0 Å². The number of aromatic nitrogens is 3. The number of nitrogens with zero attached hydrogens (tertiary/aromatic N) is 4. The highest BCUT2D eigenvalue weighted by Crippen LogP contribution is 2.23. The minimum absolute atomic E-state index is 0.509. The molecule has 5 nitrogen and oxygen atoms in total. The first kappa shape index (κ1) is 13.6. The molecule has 1 aliphatic rings. The maximum atomic E-state index is 5.99. The molecule has 0 saturated heterocycles. The monoisotopic (exact) mass is 293 g/mol. The van der Waals surface area contributed by atoms with Crippen LogP contribution in [0.5, 0.6) is 0 Å². The van der Waals surface area contributed by atoms with Gasteiger partial charge in [0.15, 0.2) is 5.65 Å². The van der Waals surface area contributed by atoms with Gasteiger partial charge in [-0.05, 0) is 26.0 Å². The number of pyridine rings is 1. The molecular formula is C14H20ClN5. The minimum atomic E-state index is 0.509. The second kappa shape index (κ2) is 5.58. The predicted octanol–water partition coefficient (Wildman–Crippen LogP) is 2.54. The molecule has 20 heavy (non-hydrogen) atoms. The van der Waals surface area contributed by atoms with Crippen molar-refractivity contribution in [2.45, 2.75) is 38.3 Å². The van der Waals surface area contributed by atoms with Gasteiger partial charge in [0.2, 0.25) is 5.95 Å². The molecule has 0 bridgehead atoms. The van der Waals surface area contributed by atoms with E-state index in [1.165, 1.54) is 25.7 Å². The Labute approximate surface area is 123 Å². The van der Waals surface area contributed by atoms with Crippen molar-refractivity contribution in [3.05, 3.63) is 17.3 Å². The highest BCUT2D eigenvalue weighted by atomic mass is 35.5. The van der Waals surface area contributed by atoms with Crippen molar-refractivity contribution in [3.63, 3.8) is 0 Å². The summed E-state index contributed by atoms with van der Waals surface area (Å²) in [6.07, 6.45) is 6.97. The zero-order valence-corrected chi connectivity index (χ0v) is 12.5. The molecule has 0 aliphatic heterocycles. The fraction of sp³-hybridized carbons (Fsp3) is 0.571. The third-order valence-corrected chi connectivity index (χ3v) is 4.41. The molecule has 2 aromatic heterocycles. The highest BCUT2D eigenvalue weighted by molar-refractivity contribution is 6.31. The summed E-state index contributed by atoms with van der Waals surface area (Å²) in [5, 5.41) is 0.588. The number of rotatable bonds is 4. The molecule has 1 aliphatic carbocycles.